The number of carbonyl (C=O) groups is 2. The summed E-state index contributed by atoms with van der Waals surface area (Å²) in [4.78, 5) is 40.2. The van der Waals surface area contributed by atoms with E-state index < -0.39 is 26.6 Å². The molecule has 0 saturated heterocycles. The van der Waals surface area contributed by atoms with E-state index in [1.165, 1.54) is 148 Å². The van der Waals surface area contributed by atoms with Crippen LogP contribution in [0.15, 0.2) is 97.2 Å². The standard InChI is InChI=1S/C73H131N2O7P/c1-7-10-13-16-19-22-25-28-30-32-34-35-36-37-38-39-41-43-45-48-51-54-57-60-63-66-73(77)82-71(64-61-58-55-52-49-46-27-24-21-18-15-12-9-3)70(69-81-83(78,79)80-68-67-75(4,5)6)74-72(76)65-62-59-56-53-50-47-44-42-40-33-31-29-26-23-20-17-14-11-8-2/h10,13,19-20,22-23,28-31,34-35,37-38,61,64,70-71H,7-9,11-12,14-18,21,24-27,32-33,36,39-60,62-63,65-69H2,1-6H3,(H-,74,76,78,79)/b13-10-,22-19-,23-20-,30-28-,31-29-,35-34-,38-37-,64-61-. The second-order valence-electron chi connectivity index (χ2n) is 24.3. The molecule has 480 valence electrons. The number of unbranched alkanes of at least 4 members (excludes halogenated alkanes) is 32. The van der Waals surface area contributed by atoms with E-state index in [2.05, 4.69) is 111 Å². The van der Waals surface area contributed by atoms with Crippen molar-refractivity contribution in [3.63, 3.8) is 0 Å². The van der Waals surface area contributed by atoms with Gasteiger partial charge in [-0.3, -0.25) is 14.2 Å². The second kappa shape index (κ2) is 62.0. The van der Waals surface area contributed by atoms with Gasteiger partial charge in [0.15, 0.2) is 0 Å². The van der Waals surface area contributed by atoms with Gasteiger partial charge in [0.1, 0.15) is 19.3 Å². The molecule has 9 nitrogen and oxygen atoms in total. The van der Waals surface area contributed by atoms with Crippen molar-refractivity contribution < 1.29 is 37.3 Å². The number of hydrogen-bond donors (Lipinski definition) is 1. The Labute approximate surface area is 513 Å². The maximum atomic E-state index is 13.6. The Hall–Kier alpha value is -3.07. The number of rotatable bonds is 62. The molecule has 0 bridgehead atoms. The molecule has 3 unspecified atom stereocenters. The zero-order valence-electron chi connectivity index (χ0n) is 54.9. The molecule has 1 N–H and O–H groups in total. The van der Waals surface area contributed by atoms with Gasteiger partial charge < -0.3 is 28.5 Å². The summed E-state index contributed by atoms with van der Waals surface area (Å²) < 4.78 is 30.4. The summed E-state index contributed by atoms with van der Waals surface area (Å²) in [7, 11) is 1.17. The van der Waals surface area contributed by atoms with Crippen molar-refractivity contribution in [1.82, 2.24) is 5.32 Å². The van der Waals surface area contributed by atoms with Crippen LogP contribution < -0.4 is 10.2 Å². The number of ether oxygens (including phenoxy) is 1. The van der Waals surface area contributed by atoms with E-state index in [1.54, 1.807) is 0 Å². The maximum absolute atomic E-state index is 13.6. The summed E-state index contributed by atoms with van der Waals surface area (Å²) in [5, 5.41) is 3.04. The van der Waals surface area contributed by atoms with Crippen molar-refractivity contribution in [3.8, 4) is 0 Å². The molecule has 0 aromatic rings. The number of nitrogens with one attached hydrogen (secondary N) is 1. The molecule has 3 atom stereocenters. The molecular formula is C73H131N2O7P. The smallest absolute Gasteiger partial charge is 0.306 e. The third-order valence-corrected chi connectivity index (χ3v) is 16.0. The SMILES string of the molecule is CC/C=C\C/C=C\C/C=C\C/C=C\C/C=C\CCCCCCCCCCCC(=O)OC(/C=C\CCCCCCCCCCCCC)C(COP(=O)([O-])OCC[N+](C)(C)C)NC(=O)CCCCCCCCCCC/C=C\C/C=C\CCCCC. The lowest BCUT2D eigenvalue weighted by Crippen LogP contribution is -2.47. The van der Waals surface area contributed by atoms with Gasteiger partial charge in [-0.15, -0.1) is 0 Å². The molecular weight excluding hydrogens is 1050 g/mol. The van der Waals surface area contributed by atoms with E-state index in [9.17, 15) is 19.0 Å². The van der Waals surface area contributed by atoms with Gasteiger partial charge in [0.25, 0.3) is 7.82 Å². The van der Waals surface area contributed by atoms with Crippen molar-refractivity contribution in [1.29, 1.82) is 0 Å². The molecule has 0 aromatic heterocycles. The van der Waals surface area contributed by atoms with Gasteiger partial charge in [0.05, 0.1) is 33.8 Å². The van der Waals surface area contributed by atoms with Crippen LogP contribution in [0.5, 0.6) is 0 Å². The third-order valence-electron chi connectivity index (χ3n) is 15.0. The lowest BCUT2D eigenvalue weighted by molar-refractivity contribution is -0.870. The minimum atomic E-state index is -4.71. The zero-order valence-corrected chi connectivity index (χ0v) is 55.8. The highest BCUT2D eigenvalue weighted by Gasteiger charge is 2.27. The monoisotopic (exact) mass is 1180 g/mol. The number of phosphoric ester groups is 1. The number of allylic oxidation sites excluding steroid dienone is 15. The third kappa shape index (κ3) is 63.3. The normalized spacial score (nSPS) is 14.2. The van der Waals surface area contributed by atoms with Gasteiger partial charge in [-0.25, -0.2) is 0 Å². The van der Waals surface area contributed by atoms with Crippen molar-refractivity contribution >= 4 is 19.7 Å². The molecule has 0 spiro atoms. The summed E-state index contributed by atoms with van der Waals surface area (Å²) in [6, 6.07) is -0.899. The van der Waals surface area contributed by atoms with Crippen LogP contribution in [-0.4, -0.2) is 69.4 Å². The van der Waals surface area contributed by atoms with E-state index in [4.69, 9.17) is 13.8 Å². The van der Waals surface area contributed by atoms with Gasteiger partial charge in [-0.2, -0.15) is 0 Å². The summed E-state index contributed by atoms with van der Waals surface area (Å²) in [6.45, 7) is 6.72. The highest BCUT2D eigenvalue weighted by atomic mass is 31.2. The van der Waals surface area contributed by atoms with Crippen LogP contribution in [0.2, 0.25) is 0 Å². The lowest BCUT2D eigenvalue weighted by Gasteiger charge is -2.30. The van der Waals surface area contributed by atoms with Crippen LogP contribution in [0.25, 0.3) is 0 Å². The number of hydrogen-bond acceptors (Lipinski definition) is 7. The number of quaternary nitrogens is 1. The zero-order chi connectivity index (χ0) is 60.7. The van der Waals surface area contributed by atoms with E-state index in [0.717, 1.165) is 122 Å². The molecule has 10 heteroatoms. The van der Waals surface area contributed by atoms with Crippen molar-refractivity contribution in [2.24, 2.45) is 0 Å². The molecule has 83 heavy (non-hydrogen) atoms. The van der Waals surface area contributed by atoms with Crippen LogP contribution >= 0.6 is 7.82 Å². The first-order chi connectivity index (χ1) is 40.4. The van der Waals surface area contributed by atoms with Crippen LogP contribution in [0.3, 0.4) is 0 Å². The highest BCUT2D eigenvalue weighted by Crippen LogP contribution is 2.38. The van der Waals surface area contributed by atoms with Crippen LogP contribution in [0.1, 0.15) is 303 Å². The van der Waals surface area contributed by atoms with E-state index in [-0.39, 0.29) is 24.9 Å². The number of likely N-dealkylation sites (N-methyl/N-ethyl adjacent to an activating group) is 1. The molecule has 0 aliphatic carbocycles. The molecule has 0 aliphatic heterocycles. The first-order valence-corrected chi connectivity index (χ1v) is 36.0. The van der Waals surface area contributed by atoms with E-state index in [0.29, 0.717) is 17.4 Å². The number of carbonyl (C=O) groups excluding carboxylic acids is 2. The minimum Gasteiger partial charge on any atom is -0.756 e. The van der Waals surface area contributed by atoms with Crippen LogP contribution in [0.4, 0.5) is 0 Å². The van der Waals surface area contributed by atoms with Gasteiger partial charge in [0.2, 0.25) is 5.91 Å². The van der Waals surface area contributed by atoms with Crippen molar-refractivity contribution in [2.45, 2.75) is 315 Å². The molecule has 0 fully saturated rings. The molecule has 0 rings (SSSR count). The number of esters is 1. The predicted octanol–water partition coefficient (Wildman–Crippen LogP) is 21.3. The Balaban J connectivity index is 5.16. The molecule has 0 heterocycles. The Morgan fingerprint density at radius 3 is 1.18 bits per heavy atom. The van der Waals surface area contributed by atoms with Gasteiger partial charge in [0, 0.05) is 12.8 Å². The summed E-state index contributed by atoms with van der Waals surface area (Å²) >= 11 is 0. The average Bonchev–Trinajstić information content (AvgIpc) is 3.46. The minimum absolute atomic E-state index is 0.0276. The maximum Gasteiger partial charge on any atom is 0.306 e. The molecule has 0 saturated carbocycles. The largest absolute Gasteiger partial charge is 0.756 e. The fourth-order valence-corrected chi connectivity index (χ4v) is 10.4. The van der Waals surface area contributed by atoms with E-state index in [1.807, 2.05) is 33.3 Å². The van der Waals surface area contributed by atoms with Crippen molar-refractivity contribution in [3.05, 3.63) is 97.2 Å². The Bertz CT molecular complexity index is 1740. The second-order valence-corrected chi connectivity index (χ2v) is 25.7. The van der Waals surface area contributed by atoms with Crippen LogP contribution in [0, 0.1) is 0 Å². The quantitative estimate of drug-likeness (QED) is 0.0212. The summed E-state index contributed by atoms with van der Waals surface area (Å²) in [5.74, 6) is -0.550. The topological polar surface area (TPSA) is 114 Å². The first-order valence-electron chi connectivity index (χ1n) is 34.5. The van der Waals surface area contributed by atoms with Gasteiger partial charge in [-0.05, 0) is 109 Å². The van der Waals surface area contributed by atoms with Gasteiger partial charge in [-0.1, -0.05) is 279 Å². The molecule has 0 radical (unpaired) electrons. The Morgan fingerprint density at radius 2 is 0.771 bits per heavy atom. The van der Waals surface area contributed by atoms with Crippen LogP contribution in [-0.2, 0) is 27.9 Å². The lowest BCUT2D eigenvalue weighted by atomic mass is 10.0. The fourth-order valence-electron chi connectivity index (χ4n) is 9.70. The number of amides is 1. The number of nitrogens with zero attached hydrogens (tertiary/aromatic N) is 1. The summed E-state index contributed by atoms with van der Waals surface area (Å²) in [5.41, 5.74) is 0. The number of phosphoric acid groups is 1. The highest BCUT2D eigenvalue weighted by molar-refractivity contribution is 7.45. The Morgan fingerprint density at radius 1 is 0.434 bits per heavy atom. The molecule has 1 amide bonds. The van der Waals surface area contributed by atoms with Gasteiger partial charge >= 0.3 is 5.97 Å². The average molecular weight is 1180 g/mol. The van der Waals surface area contributed by atoms with E-state index >= 15 is 0 Å². The van der Waals surface area contributed by atoms with Crippen molar-refractivity contribution in [2.75, 3.05) is 40.9 Å². The summed E-state index contributed by atoms with van der Waals surface area (Å²) in [6.07, 6.45) is 83.7. The molecule has 0 aromatic carbocycles. The first kappa shape index (κ1) is 79.9. The Kier molecular flexibility index (Phi) is 59.7. The molecule has 0 aliphatic rings. The predicted molar refractivity (Wildman–Crippen MR) is 358 cm³/mol. The fraction of sp³-hybridized carbons (Fsp3) is 0.753.